The predicted molar refractivity (Wildman–Crippen MR) is 64.5 cm³/mol. The van der Waals surface area contributed by atoms with E-state index in [1.807, 2.05) is 37.3 Å². The first-order chi connectivity index (χ1) is 8.09. The van der Waals surface area contributed by atoms with E-state index in [9.17, 15) is 9.59 Å². The molecule has 0 saturated heterocycles. The summed E-state index contributed by atoms with van der Waals surface area (Å²) < 4.78 is 0. The molecule has 0 radical (unpaired) electrons. The zero-order chi connectivity index (χ0) is 12.7. The Bertz CT molecular complexity index is 376. The van der Waals surface area contributed by atoms with Crippen LogP contribution in [0.5, 0.6) is 0 Å². The molecule has 2 N–H and O–H groups in total. The van der Waals surface area contributed by atoms with Crippen LogP contribution in [0.3, 0.4) is 0 Å². The van der Waals surface area contributed by atoms with Gasteiger partial charge in [0.15, 0.2) is 0 Å². The van der Waals surface area contributed by atoms with E-state index < -0.39 is 5.97 Å². The Morgan fingerprint density at radius 1 is 1.24 bits per heavy atom. The van der Waals surface area contributed by atoms with Crippen molar-refractivity contribution in [2.24, 2.45) is 0 Å². The predicted octanol–water partition coefficient (Wildman–Crippen LogP) is 2.12. The van der Waals surface area contributed by atoms with Crippen LogP contribution < -0.4 is 5.32 Å². The number of carbonyl (C=O) groups excluding carboxylic acids is 1. The average Bonchev–Trinajstić information content (AvgIpc) is 2.29. The Kier molecular flexibility index (Phi) is 5.20. The summed E-state index contributed by atoms with van der Waals surface area (Å²) in [4.78, 5) is 21.8. The van der Waals surface area contributed by atoms with Gasteiger partial charge in [-0.05, 0) is 18.9 Å². The summed E-state index contributed by atoms with van der Waals surface area (Å²) in [6, 6.07) is 9.61. The van der Waals surface area contributed by atoms with Gasteiger partial charge in [-0.25, -0.2) is 0 Å². The molecular formula is C13H17NO3. The molecule has 4 heteroatoms. The molecule has 1 rings (SSSR count). The lowest BCUT2D eigenvalue weighted by Crippen LogP contribution is -2.26. The van der Waals surface area contributed by atoms with Crippen molar-refractivity contribution in [3.63, 3.8) is 0 Å². The molecule has 1 unspecified atom stereocenters. The highest BCUT2D eigenvalue weighted by atomic mass is 16.4. The molecule has 4 nitrogen and oxygen atoms in total. The maximum Gasteiger partial charge on any atom is 0.303 e. The van der Waals surface area contributed by atoms with Gasteiger partial charge in [-0.3, -0.25) is 9.59 Å². The van der Waals surface area contributed by atoms with Crippen molar-refractivity contribution in [1.82, 2.24) is 5.32 Å². The van der Waals surface area contributed by atoms with Gasteiger partial charge in [0.25, 0.3) is 0 Å². The average molecular weight is 235 g/mol. The lowest BCUT2D eigenvalue weighted by atomic mass is 10.1. The van der Waals surface area contributed by atoms with Gasteiger partial charge in [-0.15, -0.1) is 0 Å². The van der Waals surface area contributed by atoms with Gasteiger partial charge in [0, 0.05) is 12.8 Å². The van der Waals surface area contributed by atoms with Crippen molar-refractivity contribution < 1.29 is 14.7 Å². The maximum atomic E-state index is 11.5. The number of carboxylic acids is 1. The highest BCUT2D eigenvalue weighted by Gasteiger charge is 2.09. The van der Waals surface area contributed by atoms with Crippen molar-refractivity contribution in [3.8, 4) is 0 Å². The zero-order valence-corrected chi connectivity index (χ0v) is 9.85. The van der Waals surface area contributed by atoms with Crippen LogP contribution >= 0.6 is 0 Å². The second-order valence-corrected chi connectivity index (χ2v) is 3.95. The summed E-state index contributed by atoms with van der Waals surface area (Å²) >= 11 is 0. The van der Waals surface area contributed by atoms with Crippen LogP contribution in [0.15, 0.2) is 30.3 Å². The van der Waals surface area contributed by atoms with Crippen molar-refractivity contribution >= 4 is 11.9 Å². The number of carbonyl (C=O) groups is 2. The summed E-state index contributed by atoms with van der Waals surface area (Å²) in [5, 5.41) is 11.3. The molecule has 0 fully saturated rings. The largest absolute Gasteiger partial charge is 0.481 e. The second-order valence-electron chi connectivity index (χ2n) is 3.95. The van der Waals surface area contributed by atoms with Crippen LogP contribution in [-0.4, -0.2) is 17.0 Å². The number of amides is 1. The topological polar surface area (TPSA) is 66.4 Å². The van der Waals surface area contributed by atoms with E-state index in [1.165, 1.54) is 0 Å². The van der Waals surface area contributed by atoms with E-state index in [4.69, 9.17) is 5.11 Å². The maximum absolute atomic E-state index is 11.5. The molecule has 92 valence electrons. The summed E-state index contributed by atoms with van der Waals surface area (Å²) in [5.74, 6) is -0.975. The standard InChI is InChI=1S/C13H17NO3/c1-10(11-6-3-2-4-7-11)14-12(15)8-5-9-13(16)17/h2-4,6-7,10H,5,8-9H2,1H3,(H,14,15)(H,16,17). The quantitative estimate of drug-likeness (QED) is 0.793. The first-order valence-corrected chi connectivity index (χ1v) is 5.65. The molecule has 1 aromatic rings. The minimum atomic E-state index is -0.867. The van der Waals surface area contributed by atoms with Gasteiger partial charge in [0.1, 0.15) is 0 Å². The Labute approximate surface area is 101 Å². The summed E-state index contributed by atoms with van der Waals surface area (Å²) in [7, 11) is 0. The lowest BCUT2D eigenvalue weighted by molar-refractivity contribution is -0.137. The fourth-order valence-corrected chi connectivity index (χ4v) is 1.54. The number of carboxylic acid groups (broad SMARTS) is 1. The summed E-state index contributed by atoms with van der Waals surface area (Å²) in [5.41, 5.74) is 1.04. The van der Waals surface area contributed by atoms with Gasteiger partial charge < -0.3 is 10.4 Å². The number of hydrogen-bond acceptors (Lipinski definition) is 2. The number of aliphatic carboxylic acids is 1. The number of rotatable bonds is 6. The van der Waals surface area contributed by atoms with Gasteiger partial charge in [0.2, 0.25) is 5.91 Å². The Balaban J connectivity index is 2.34. The first-order valence-electron chi connectivity index (χ1n) is 5.65. The fourth-order valence-electron chi connectivity index (χ4n) is 1.54. The molecule has 0 saturated carbocycles. The highest BCUT2D eigenvalue weighted by Crippen LogP contribution is 2.11. The normalized spacial score (nSPS) is 11.8. The van der Waals surface area contributed by atoms with Crippen LogP contribution in [0, 0.1) is 0 Å². The molecular weight excluding hydrogens is 218 g/mol. The molecule has 1 aromatic carbocycles. The lowest BCUT2D eigenvalue weighted by Gasteiger charge is -2.13. The Morgan fingerprint density at radius 2 is 1.88 bits per heavy atom. The molecule has 0 aliphatic rings. The number of nitrogens with one attached hydrogen (secondary N) is 1. The molecule has 0 bridgehead atoms. The third-order valence-electron chi connectivity index (χ3n) is 2.47. The van der Waals surface area contributed by atoms with Gasteiger partial charge >= 0.3 is 5.97 Å². The van der Waals surface area contributed by atoms with E-state index in [1.54, 1.807) is 0 Å². The van der Waals surface area contributed by atoms with E-state index in [2.05, 4.69) is 5.32 Å². The third kappa shape index (κ3) is 5.15. The Morgan fingerprint density at radius 3 is 2.47 bits per heavy atom. The minimum absolute atomic E-state index is 0.0349. The van der Waals surface area contributed by atoms with E-state index in [0.717, 1.165) is 5.56 Å². The summed E-state index contributed by atoms with van der Waals surface area (Å²) in [6.45, 7) is 1.91. The molecule has 0 spiro atoms. The van der Waals surface area contributed by atoms with E-state index >= 15 is 0 Å². The van der Waals surface area contributed by atoms with Gasteiger partial charge in [0.05, 0.1) is 6.04 Å². The Hall–Kier alpha value is -1.84. The molecule has 1 atom stereocenters. The van der Waals surface area contributed by atoms with Crippen LogP contribution in [-0.2, 0) is 9.59 Å². The van der Waals surface area contributed by atoms with Crippen molar-refractivity contribution in [2.45, 2.75) is 32.2 Å². The smallest absolute Gasteiger partial charge is 0.303 e. The molecule has 0 aliphatic heterocycles. The highest BCUT2D eigenvalue weighted by molar-refractivity contribution is 5.77. The number of benzene rings is 1. The third-order valence-corrected chi connectivity index (χ3v) is 2.47. The molecule has 0 aromatic heterocycles. The number of hydrogen-bond donors (Lipinski definition) is 2. The minimum Gasteiger partial charge on any atom is -0.481 e. The zero-order valence-electron chi connectivity index (χ0n) is 9.85. The SMILES string of the molecule is CC(NC(=O)CCCC(=O)O)c1ccccc1. The van der Waals surface area contributed by atoms with Crippen molar-refractivity contribution in [2.75, 3.05) is 0 Å². The van der Waals surface area contributed by atoms with Gasteiger partial charge in [-0.2, -0.15) is 0 Å². The van der Waals surface area contributed by atoms with Crippen LogP contribution in [0.1, 0.15) is 37.8 Å². The van der Waals surface area contributed by atoms with Crippen LogP contribution in [0.25, 0.3) is 0 Å². The van der Waals surface area contributed by atoms with Crippen molar-refractivity contribution in [1.29, 1.82) is 0 Å². The van der Waals surface area contributed by atoms with Gasteiger partial charge in [-0.1, -0.05) is 30.3 Å². The molecule has 17 heavy (non-hydrogen) atoms. The van der Waals surface area contributed by atoms with Crippen molar-refractivity contribution in [3.05, 3.63) is 35.9 Å². The second kappa shape index (κ2) is 6.68. The van der Waals surface area contributed by atoms with Crippen LogP contribution in [0.2, 0.25) is 0 Å². The first kappa shape index (κ1) is 13.2. The monoisotopic (exact) mass is 235 g/mol. The summed E-state index contributed by atoms with van der Waals surface area (Å²) in [6.07, 6.45) is 0.666. The molecule has 0 heterocycles. The van der Waals surface area contributed by atoms with E-state index in [-0.39, 0.29) is 24.8 Å². The molecule has 0 aliphatic carbocycles. The van der Waals surface area contributed by atoms with E-state index in [0.29, 0.717) is 6.42 Å². The molecule has 1 amide bonds. The van der Waals surface area contributed by atoms with Crippen LogP contribution in [0.4, 0.5) is 0 Å². The fraction of sp³-hybridized carbons (Fsp3) is 0.385.